The third kappa shape index (κ3) is 4.23. The van der Waals surface area contributed by atoms with E-state index in [1.54, 1.807) is 4.90 Å². The molecule has 0 unspecified atom stereocenters. The van der Waals surface area contributed by atoms with Crippen molar-refractivity contribution in [1.82, 2.24) is 15.0 Å². The average Bonchev–Trinajstić information content (AvgIpc) is 3.03. The lowest BCUT2D eigenvalue weighted by atomic mass is 9.80. The summed E-state index contributed by atoms with van der Waals surface area (Å²) in [4.78, 5) is 30.3. The van der Waals surface area contributed by atoms with Crippen molar-refractivity contribution in [2.24, 2.45) is 5.92 Å². The van der Waals surface area contributed by atoms with Gasteiger partial charge in [0, 0.05) is 25.3 Å². The second kappa shape index (κ2) is 7.34. The van der Waals surface area contributed by atoms with Gasteiger partial charge < -0.3 is 14.0 Å². The summed E-state index contributed by atoms with van der Waals surface area (Å²) in [7, 11) is 0. The standard InChI is InChI=1S/C18H27N3O5/c1-11-9-12(22)5-6-13(11)16-19-15(20-26-16)14-10-24-8-7-21(14)17(23)25-18(2,3)4/h11,13-14H,5-10H2,1-4H3/t11-,13+,14-/m1/s1. The van der Waals surface area contributed by atoms with Crippen molar-refractivity contribution in [3.8, 4) is 0 Å². The van der Waals surface area contributed by atoms with Crippen LogP contribution in [0.4, 0.5) is 4.79 Å². The summed E-state index contributed by atoms with van der Waals surface area (Å²) in [6.45, 7) is 8.69. The number of carbonyl (C=O) groups is 2. The first kappa shape index (κ1) is 18.8. The molecular formula is C18H27N3O5. The van der Waals surface area contributed by atoms with E-state index in [0.717, 1.165) is 6.42 Å². The smallest absolute Gasteiger partial charge is 0.411 e. The van der Waals surface area contributed by atoms with E-state index in [-0.39, 0.29) is 17.6 Å². The molecule has 0 radical (unpaired) electrons. The molecule has 2 aliphatic rings. The highest BCUT2D eigenvalue weighted by atomic mass is 16.6. The first-order valence-corrected chi connectivity index (χ1v) is 9.17. The van der Waals surface area contributed by atoms with Crippen LogP contribution in [0.2, 0.25) is 0 Å². The molecule has 2 heterocycles. The summed E-state index contributed by atoms with van der Waals surface area (Å²) in [5, 5.41) is 4.10. The van der Waals surface area contributed by atoms with E-state index in [0.29, 0.717) is 44.3 Å². The van der Waals surface area contributed by atoms with Crippen LogP contribution in [-0.2, 0) is 14.3 Å². The molecule has 1 saturated heterocycles. The number of Topliss-reactive ketones (excluding diaryl/α,β-unsaturated/α-hetero) is 1. The van der Waals surface area contributed by atoms with Crippen molar-refractivity contribution in [1.29, 1.82) is 0 Å². The number of aromatic nitrogens is 2. The Morgan fingerprint density at radius 3 is 2.81 bits per heavy atom. The van der Waals surface area contributed by atoms with E-state index in [9.17, 15) is 9.59 Å². The van der Waals surface area contributed by atoms with Gasteiger partial charge in [0.2, 0.25) is 5.89 Å². The van der Waals surface area contributed by atoms with Crippen LogP contribution in [0.5, 0.6) is 0 Å². The van der Waals surface area contributed by atoms with Gasteiger partial charge in [0.25, 0.3) is 0 Å². The molecule has 0 spiro atoms. The van der Waals surface area contributed by atoms with Crippen LogP contribution in [0.25, 0.3) is 0 Å². The van der Waals surface area contributed by atoms with E-state index < -0.39 is 17.7 Å². The predicted molar refractivity (Wildman–Crippen MR) is 91.6 cm³/mol. The number of ketones is 1. The quantitative estimate of drug-likeness (QED) is 0.795. The van der Waals surface area contributed by atoms with E-state index in [4.69, 9.17) is 14.0 Å². The lowest BCUT2D eigenvalue weighted by molar-refractivity contribution is -0.121. The Hall–Kier alpha value is -1.96. The van der Waals surface area contributed by atoms with Crippen LogP contribution >= 0.6 is 0 Å². The first-order valence-electron chi connectivity index (χ1n) is 9.17. The van der Waals surface area contributed by atoms with Gasteiger partial charge in [0.15, 0.2) is 5.82 Å². The molecule has 1 aromatic rings. The number of nitrogens with zero attached hydrogens (tertiary/aromatic N) is 3. The molecule has 0 N–H and O–H groups in total. The maximum absolute atomic E-state index is 12.5. The van der Waals surface area contributed by atoms with Crippen molar-refractivity contribution in [3.63, 3.8) is 0 Å². The Kier molecular flexibility index (Phi) is 5.32. The zero-order valence-corrected chi connectivity index (χ0v) is 15.9. The number of rotatable bonds is 2. The number of ether oxygens (including phenoxy) is 2. The molecule has 1 aliphatic heterocycles. The SMILES string of the molecule is C[C@@H]1CC(=O)CC[C@@H]1c1nc([C@H]2COCCN2C(=O)OC(C)(C)C)no1. The largest absolute Gasteiger partial charge is 0.444 e. The van der Waals surface area contributed by atoms with Gasteiger partial charge in [-0.2, -0.15) is 4.98 Å². The van der Waals surface area contributed by atoms with Crippen LogP contribution in [0, 0.1) is 5.92 Å². The van der Waals surface area contributed by atoms with Gasteiger partial charge in [0.05, 0.1) is 13.2 Å². The summed E-state index contributed by atoms with van der Waals surface area (Å²) in [5.41, 5.74) is -0.577. The summed E-state index contributed by atoms with van der Waals surface area (Å²) in [6, 6.07) is -0.434. The van der Waals surface area contributed by atoms with Gasteiger partial charge in [-0.15, -0.1) is 0 Å². The van der Waals surface area contributed by atoms with E-state index in [1.807, 2.05) is 27.7 Å². The molecule has 1 amide bonds. The Morgan fingerprint density at radius 1 is 1.35 bits per heavy atom. The summed E-state index contributed by atoms with van der Waals surface area (Å²) < 4.78 is 16.5. The minimum atomic E-state index is -0.577. The predicted octanol–water partition coefficient (Wildman–Crippen LogP) is 2.85. The normalized spacial score (nSPS) is 27.5. The Bertz CT molecular complexity index is 666. The summed E-state index contributed by atoms with van der Waals surface area (Å²) in [5.74, 6) is 1.50. The second-order valence-corrected chi connectivity index (χ2v) is 8.12. The molecule has 0 aromatic carbocycles. The van der Waals surface area contributed by atoms with Crippen LogP contribution in [-0.4, -0.2) is 52.3 Å². The fourth-order valence-electron chi connectivity index (χ4n) is 3.46. The molecule has 1 saturated carbocycles. The minimum Gasteiger partial charge on any atom is -0.444 e. The van der Waals surface area contributed by atoms with Crippen molar-refractivity contribution >= 4 is 11.9 Å². The third-order valence-electron chi connectivity index (χ3n) is 4.80. The molecule has 3 rings (SSSR count). The van der Waals surface area contributed by atoms with Gasteiger partial charge >= 0.3 is 6.09 Å². The summed E-state index contributed by atoms with van der Waals surface area (Å²) >= 11 is 0. The monoisotopic (exact) mass is 365 g/mol. The van der Waals surface area contributed by atoms with E-state index >= 15 is 0 Å². The van der Waals surface area contributed by atoms with Gasteiger partial charge in [-0.05, 0) is 33.1 Å². The molecule has 26 heavy (non-hydrogen) atoms. The number of amides is 1. The highest BCUT2D eigenvalue weighted by Gasteiger charge is 2.37. The van der Waals surface area contributed by atoms with Crippen molar-refractivity contribution in [2.75, 3.05) is 19.8 Å². The number of morpholine rings is 1. The molecule has 0 bridgehead atoms. The topological polar surface area (TPSA) is 94.8 Å². The summed E-state index contributed by atoms with van der Waals surface area (Å²) in [6.07, 6.45) is 1.40. The lowest BCUT2D eigenvalue weighted by Crippen LogP contribution is -2.46. The van der Waals surface area contributed by atoms with E-state index in [2.05, 4.69) is 10.1 Å². The Morgan fingerprint density at radius 2 is 2.12 bits per heavy atom. The molecule has 8 heteroatoms. The molecule has 3 atom stereocenters. The minimum absolute atomic E-state index is 0.0773. The molecule has 1 aliphatic carbocycles. The molecule has 8 nitrogen and oxygen atoms in total. The van der Waals surface area contributed by atoms with Crippen LogP contribution in [0.1, 0.15) is 70.6 Å². The Labute approximate surface area is 153 Å². The fraction of sp³-hybridized carbons (Fsp3) is 0.778. The second-order valence-electron chi connectivity index (χ2n) is 8.12. The maximum atomic E-state index is 12.5. The van der Waals surface area contributed by atoms with Crippen molar-refractivity contribution < 1.29 is 23.6 Å². The lowest BCUT2D eigenvalue weighted by Gasteiger charge is -2.34. The van der Waals surface area contributed by atoms with Crippen LogP contribution in [0.3, 0.4) is 0 Å². The zero-order valence-electron chi connectivity index (χ0n) is 15.9. The van der Waals surface area contributed by atoms with Crippen molar-refractivity contribution in [3.05, 3.63) is 11.7 Å². The molecule has 144 valence electrons. The molecular weight excluding hydrogens is 338 g/mol. The van der Waals surface area contributed by atoms with Crippen LogP contribution in [0.15, 0.2) is 4.52 Å². The number of carbonyl (C=O) groups excluding carboxylic acids is 2. The van der Waals surface area contributed by atoms with Gasteiger partial charge in [-0.3, -0.25) is 9.69 Å². The number of hydrogen-bond acceptors (Lipinski definition) is 7. The highest BCUT2D eigenvalue weighted by Crippen LogP contribution is 2.36. The van der Waals surface area contributed by atoms with Gasteiger partial charge in [-0.25, -0.2) is 4.79 Å². The molecule has 2 fully saturated rings. The van der Waals surface area contributed by atoms with Gasteiger partial charge in [-0.1, -0.05) is 12.1 Å². The highest BCUT2D eigenvalue weighted by molar-refractivity contribution is 5.79. The average molecular weight is 365 g/mol. The van der Waals surface area contributed by atoms with Crippen LogP contribution < -0.4 is 0 Å². The Balaban J connectivity index is 1.75. The number of hydrogen-bond donors (Lipinski definition) is 0. The van der Waals surface area contributed by atoms with E-state index in [1.165, 1.54) is 0 Å². The first-order chi connectivity index (χ1) is 12.2. The van der Waals surface area contributed by atoms with Crippen molar-refractivity contribution in [2.45, 2.75) is 64.5 Å². The molecule has 1 aromatic heterocycles. The maximum Gasteiger partial charge on any atom is 0.411 e. The van der Waals surface area contributed by atoms with Gasteiger partial charge in [0.1, 0.15) is 17.4 Å². The zero-order chi connectivity index (χ0) is 18.9. The third-order valence-corrected chi connectivity index (χ3v) is 4.80. The fourth-order valence-corrected chi connectivity index (χ4v) is 3.46.